The van der Waals surface area contributed by atoms with Crippen molar-refractivity contribution >= 4 is 17.5 Å². The molecule has 0 saturated heterocycles. The van der Waals surface area contributed by atoms with E-state index in [0.717, 1.165) is 5.56 Å². The number of carbonyl (C=O) groups excluding carboxylic acids is 3. The van der Waals surface area contributed by atoms with Crippen molar-refractivity contribution in [2.24, 2.45) is 10.8 Å². The van der Waals surface area contributed by atoms with E-state index in [0.29, 0.717) is 32.8 Å². The Kier molecular flexibility index (Phi) is 14.5. The summed E-state index contributed by atoms with van der Waals surface area (Å²) >= 11 is 0. The quantitative estimate of drug-likeness (QED) is 0.150. The number of methoxy groups -OCH3 is 1. The lowest BCUT2D eigenvalue weighted by Gasteiger charge is -2.31. The fraction of sp³-hybridized carbons (Fsp3) is 0.688. The van der Waals surface area contributed by atoms with Crippen LogP contribution < -0.4 is 0 Å². The molecule has 1 rings (SSSR count). The van der Waals surface area contributed by atoms with Gasteiger partial charge in [-0.2, -0.15) is 0 Å². The molecule has 0 unspecified atom stereocenters. The highest BCUT2D eigenvalue weighted by molar-refractivity contribution is 5.95. The maximum absolute atomic E-state index is 13.1. The van der Waals surface area contributed by atoms with Crippen molar-refractivity contribution < 1.29 is 33.3 Å². The molecule has 41 heavy (non-hydrogen) atoms. The second-order valence-electron chi connectivity index (χ2n) is 13.1. The van der Waals surface area contributed by atoms with Crippen molar-refractivity contribution in [3.8, 4) is 0 Å². The van der Waals surface area contributed by atoms with Crippen LogP contribution in [0.1, 0.15) is 73.8 Å². The van der Waals surface area contributed by atoms with Gasteiger partial charge in [0.15, 0.2) is 11.6 Å². The van der Waals surface area contributed by atoms with Crippen molar-refractivity contribution in [2.75, 3.05) is 46.6 Å². The van der Waals surface area contributed by atoms with Gasteiger partial charge < -0.3 is 18.9 Å². The van der Waals surface area contributed by atoms with Crippen molar-refractivity contribution in [1.82, 2.24) is 9.88 Å². The van der Waals surface area contributed by atoms with Gasteiger partial charge in [0.1, 0.15) is 11.2 Å². The first-order chi connectivity index (χ1) is 18.9. The molecule has 0 N–H and O–H groups in total. The summed E-state index contributed by atoms with van der Waals surface area (Å²) in [5.74, 6) is -0.551. The molecule has 0 bridgehead atoms. The molecule has 0 aromatic carbocycles. The third-order valence-corrected chi connectivity index (χ3v) is 6.70. The Bertz CT molecular complexity index is 987. The van der Waals surface area contributed by atoms with E-state index in [-0.39, 0.29) is 49.0 Å². The van der Waals surface area contributed by atoms with E-state index in [1.54, 1.807) is 47.2 Å². The van der Waals surface area contributed by atoms with Crippen molar-refractivity contribution in [2.45, 2.75) is 86.0 Å². The smallest absolute Gasteiger partial charge is 0.307 e. The molecule has 0 fully saturated rings. The van der Waals surface area contributed by atoms with Crippen LogP contribution >= 0.6 is 0 Å². The van der Waals surface area contributed by atoms with Gasteiger partial charge in [0.05, 0.1) is 32.8 Å². The standard InChI is InChI=1S/C32H52N2O7/c1-11-26(35)31(6,7)40-24-30(4,5)22-39-28(37)15-19-34(20-25-12-16-33-17-13-25)18-14-27(36)32(8,9)41-23-29(2,3)21-38-10/h11-13,16-17H,1,14-15,18-24H2,2-10H3. The van der Waals surface area contributed by atoms with E-state index >= 15 is 0 Å². The van der Waals surface area contributed by atoms with E-state index in [2.05, 4.69) is 16.5 Å². The monoisotopic (exact) mass is 576 g/mol. The Morgan fingerprint density at radius 3 is 1.93 bits per heavy atom. The Morgan fingerprint density at radius 2 is 1.37 bits per heavy atom. The van der Waals surface area contributed by atoms with Gasteiger partial charge in [0, 0.05) is 56.4 Å². The highest BCUT2D eigenvalue weighted by Crippen LogP contribution is 2.23. The number of pyridine rings is 1. The van der Waals surface area contributed by atoms with Gasteiger partial charge in [-0.3, -0.25) is 24.3 Å². The molecule has 9 heteroatoms. The van der Waals surface area contributed by atoms with Gasteiger partial charge in [0.25, 0.3) is 0 Å². The van der Waals surface area contributed by atoms with Gasteiger partial charge in [-0.1, -0.05) is 34.3 Å². The molecular formula is C32H52N2O7. The number of ketones is 2. The first-order valence-corrected chi connectivity index (χ1v) is 14.2. The number of aromatic nitrogens is 1. The topological polar surface area (TPSA) is 104 Å². The maximum atomic E-state index is 13.1. The average molecular weight is 577 g/mol. The van der Waals surface area contributed by atoms with Crippen LogP contribution in [-0.4, -0.2) is 85.2 Å². The molecule has 1 aromatic rings. The fourth-order valence-electron chi connectivity index (χ4n) is 3.80. The highest BCUT2D eigenvalue weighted by Gasteiger charge is 2.32. The number of nitrogens with zero attached hydrogens (tertiary/aromatic N) is 2. The number of carbonyl (C=O) groups is 3. The van der Waals surface area contributed by atoms with E-state index in [9.17, 15) is 14.4 Å². The zero-order valence-electron chi connectivity index (χ0n) is 26.7. The third-order valence-electron chi connectivity index (χ3n) is 6.70. The molecule has 0 amide bonds. The average Bonchev–Trinajstić information content (AvgIpc) is 2.91. The molecule has 0 saturated carbocycles. The predicted octanol–water partition coefficient (Wildman–Crippen LogP) is 4.82. The minimum Gasteiger partial charge on any atom is -0.465 e. The highest BCUT2D eigenvalue weighted by atomic mass is 16.5. The molecule has 0 spiro atoms. The summed E-state index contributed by atoms with van der Waals surface area (Å²) in [7, 11) is 1.65. The molecule has 0 aliphatic carbocycles. The third kappa shape index (κ3) is 14.3. The summed E-state index contributed by atoms with van der Waals surface area (Å²) in [6.45, 7) is 21.2. The number of Topliss-reactive ketones (excluding diaryl/α,β-unsaturated/α-hetero) is 1. The second kappa shape index (κ2) is 16.2. The Hall–Kier alpha value is -2.46. The largest absolute Gasteiger partial charge is 0.465 e. The Balaban J connectivity index is 2.70. The van der Waals surface area contributed by atoms with Gasteiger partial charge in [-0.05, 0) is 51.5 Å². The fourth-order valence-corrected chi connectivity index (χ4v) is 3.80. The number of esters is 1. The summed E-state index contributed by atoms with van der Waals surface area (Å²) in [6, 6.07) is 3.83. The maximum Gasteiger partial charge on any atom is 0.307 e. The van der Waals surface area contributed by atoms with Crippen LogP contribution in [0.4, 0.5) is 0 Å². The van der Waals surface area contributed by atoms with Crippen LogP contribution in [-0.2, 0) is 39.9 Å². The van der Waals surface area contributed by atoms with Gasteiger partial charge in [-0.25, -0.2) is 0 Å². The normalized spacial score (nSPS) is 12.8. The summed E-state index contributed by atoms with van der Waals surface area (Å²) in [4.78, 5) is 43.9. The van der Waals surface area contributed by atoms with Crippen molar-refractivity contribution in [3.05, 3.63) is 42.7 Å². The number of hydrogen-bond donors (Lipinski definition) is 0. The van der Waals surface area contributed by atoms with Crippen LogP contribution in [0.25, 0.3) is 0 Å². The molecule has 0 radical (unpaired) electrons. The first kappa shape index (κ1) is 36.6. The molecule has 1 aromatic heterocycles. The molecule has 232 valence electrons. The lowest BCUT2D eigenvalue weighted by molar-refractivity contribution is -0.153. The van der Waals surface area contributed by atoms with E-state index in [1.165, 1.54) is 6.08 Å². The molecule has 0 atom stereocenters. The minimum atomic E-state index is -0.992. The SMILES string of the molecule is C=CC(=O)C(C)(C)OCC(C)(C)COC(=O)CCN(CCC(=O)C(C)(C)OCC(C)(C)COC)Cc1ccncc1. The zero-order chi connectivity index (χ0) is 31.3. The lowest BCUT2D eigenvalue weighted by atomic mass is 9.94. The number of rotatable bonds is 21. The molecule has 0 aliphatic heterocycles. The van der Waals surface area contributed by atoms with Gasteiger partial charge in [-0.15, -0.1) is 0 Å². The summed E-state index contributed by atoms with van der Waals surface area (Å²) in [5.41, 5.74) is -1.59. The minimum absolute atomic E-state index is 0.00682. The van der Waals surface area contributed by atoms with E-state index in [1.807, 2.05) is 39.8 Å². The Morgan fingerprint density at radius 1 is 0.829 bits per heavy atom. The van der Waals surface area contributed by atoms with Crippen LogP contribution in [0.5, 0.6) is 0 Å². The molecular weight excluding hydrogens is 524 g/mol. The number of hydrogen-bond acceptors (Lipinski definition) is 9. The molecule has 0 aliphatic rings. The Labute approximate surface area is 247 Å². The van der Waals surface area contributed by atoms with E-state index < -0.39 is 16.6 Å². The molecule has 9 nitrogen and oxygen atoms in total. The summed E-state index contributed by atoms with van der Waals surface area (Å²) < 4.78 is 22.6. The lowest BCUT2D eigenvalue weighted by Crippen LogP contribution is -2.41. The zero-order valence-corrected chi connectivity index (χ0v) is 26.7. The van der Waals surface area contributed by atoms with Crippen LogP contribution in [0, 0.1) is 10.8 Å². The number of ether oxygens (including phenoxy) is 4. The van der Waals surface area contributed by atoms with Gasteiger partial charge >= 0.3 is 5.97 Å². The molecule has 1 heterocycles. The van der Waals surface area contributed by atoms with Crippen LogP contribution in [0.2, 0.25) is 0 Å². The van der Waals surface area contributed by atoms with Gasteiger partial charge in [0.2, 0.25) is 0 Å². The van der Waals surface area contributed by atoms with E-state index in [4.69, 9.17) is 18.9 Å². The predicted molar refractivity (Wildman–Crippen MR) is 159 cm³/mol. The first-order valence-electron chi connectivity index (χ1n) is 14.2. The summed E-state index contributed by atoms with van der Waals surface area (Å²) in [6.07, 6.45) is 5.14. The second-order valence-corrected chi connectivity index (χ2v) is 13.1. The van der Waals surface area contributed by atoms with Crippen molar-refractivity contribution in [3.63, 3.8) is 0 Å². The van der Waals surface area contributed by atoms with Crippen LogP contribution in [0.3, 0.4) is 0 Å². The van der Waals surface area contributed by atoms with Crippen molar-refractivity contribution in [1.29, 1.82) is 0 Å². The summed E-state index contributed by atoms with van der Waals surface area (Å²) in [5, 5.41) is 0. The van der Waals surface area contributed by atoms with Crippen LogP contribution in [0.15, 0.2) is 37.2 Å².